The van der Waals surface area contributed by atoms with E-state index in [1.807, 2.05) is 13.8 Å². The minimum absolute atomic E-state index is 0.0765. The summed E-state index contributed by atoms with van der Waals surface area (Å²) in [6, 6.07) is 8.06. The lowest BCUT2D eigenvalue weighted by Crippen LogP contribution is -2.51. The number of aliphatic hydroxyl groups is 1. The molecular formula is C31H35ClF3N5O6. The van der Waals surface area contributed by atoms with Gasteiger partial charge in [-0.1, -0.05) is 30.7 Å². The molecule has 1 aliphatic carbocycles. The zero-order valence-electron chi connectivity index (χ0n) is 25.6. The number of piperidine rings is 1. The molecule has 3 fully saturated rings. The third kappa shape index (κ3) is 5.75. The predicted octanol–water partition coefficient (Wildman–Crippen LogP) is 4.61. The Morgan fingerprint density at radius 1 is 1.13 bits per heavy atom. The topological polar surface area (TPSA) is 130 Å². The van der Waals surface area contributed by atoms with Crippen molar-refractivity contribution >= 4 is 34.6 Å². The van der Waals surface area contributed by atoms with E-state index in [1.54, 1.807) is 28.8 Å². The summed E-state index contributed by atoms with van der Waals surface area (Å²) >= 11 is 6.57. The van der Waals surface area contributed by atoms with Crippen LogP contribution in [-0.2, 0) is 16.1 Å². The van der Waals surface area contributed by atoms with Crippen molar-refractivity contribution in [1.29, 1.82) is 0 Å². The first kappa shape index (κ1) is 32.3. The van der Waals surface area contributed by atoms with Crippen molar-refractivity contribution in [3.8, 4) is 5.69 Å². The van der Waals surface area contributed by atoms with Crippen LogP contribution in [0.2, 0.25) is 5.15 Å². The lowest BCUT2D eigenvalue weighted by atomic mass is 9.90. The number of hydrogen-bond donors (Lipinski definition) is 2. The van der Waals surface area contributed by atoms with Crippen LogP contribution in [0.5, 0.6) is 0 Å². The summed E-state index contributed by atoms with van der Waals surface area (Å²) in [6.07, 6.45) is -4.21. The van der Waals surface area contributed by atoms with Crippen LogP contribution in [0, 0.1) is 11.3 Å². The molecule has 0 spiro atoms. The van der Waals surface area contributed by atoms with Gasteiger partial charge in [-0.3, -0.25) is 23.6 Å². The Labute approximate surface area is 267 Å². The fraction of sp³-hybridized carbons (Fsp3) is 0.548. The monoisotopic (exact) mass is 665 g/mol. The molecule has 2 aromatic heterocycles. The number of fused-ring (bicyclic) bond motifs is 1. The number of benzene rings is 1. The van der Waals surface area contributed by atoms with Gasteiger partial charge in [0.2, 0.25) is 5.91 Å². The summed E-state index contributed by atoms with van der Waals surface area (Å²) in [5.74, 6) is -2.21. The second-order valence-corrected chi connectivity index (χ2v) is 13.9. The number of amides is 2. The molecule has 3 aliphatic rings. The maximum absolute atomic E-state index is 13.5. The Balaban J connectivity index is 1.17. The van der Waals surface area contributed by atoms with Crippen LogP contribution in [0.3, 0.4) is 0 Å². The predicted molar refractivity (Wildman–Crippen MR) is 161 cm³/mol. The molecule has 2 aliphatic heterocycles. The Morgan fingerprint density at radius 2 is 1.78 bits per heavy atom. The van der Waals surface area contributed by atoms with E-state index in [2.05, 4.69) is 4.98 Å². The smallest absolute Gasteiger partial charge is 0.407 e. The molecule has 46 heavy (non-hydrogen) atoms. The van der Waals surface area contributed by atoms with Gasteiger partial charge < -0.3 is 19.8 Å². The Bertz CT molecular complexity index is 1750. The van der Waals surface area contributed by atoms with E-state index in [4.69, 9.17) is 16.3 Å². The molecule has 2 amide bonds. The van der Waals surface area contributed by atoms with Crippen LogP contribution in [0.15, 0.2) is 41.5 Å². The molecule has 0 bridgehead atoms. The number of likely N-dealkylation sites (tertiary alicyclic amines) is 1. The molecular weight excluding hydrogens is 631 g/mol. The molecule has 2 N–H and O–H groups in total. The molecule has 248 valence electrons. The van der Waals surface area contributed by atoms with Gasteiger partial charge in [-0.25, -0.2) is 9.78 Å². The third-order valence-electron chi connectivity index (χ3n) is 9.65. The molecule has 2 saturated heterocycles. The number of aromatic nitrogens is 3. The quantitative estimate of drug-likeness (QED) is 0.407. The van der Waals surface area contributed by atoms with Crippen LogP contribution < -0.4 is 5.56 Å². The van der Waals surface area contributed by atoms with E-state index in [0.29, 0.717) is 11.3 Å². The molecule has 1 saturated carbocycles. The second kappa shape index (κ2) is 11.0. The number of carbonyl (C=O) groups is 2. The molecule has 3 aromatic rings. The Kier molecular flexibility index (Phi) is 7.72. The maximum Gasteiger partial charge on any atom is 0.407 e. The number of rotatable bonds is 5. The van der Waals surface area contributed by atoms with Gasteiger partial charge in [0.25, 0.3) is 5.56 Å². The van der Waals surface area contributed by atoms with E-state index in [-0.39, 0.29) is 62.6 Å². The fourth-order valence-electron chi connectivity index (χ4n) is 6.77. The van der Waals surface area contributed by atoms with Crippen molar-refractivity contribution in [3.63, 3.8) is 0 Å². The van der Waals surface area contributed by atoms with Crippen LogP contribution in [0.1, 0.15) is 51.6 Å². The van der Waals surface area contributed by atoms with Crippen molar-refractivity contribution in [2.45, 2.75) is 70.0 Å². The first-order valence-electron chi connectivity index (χ1n) is 15.0. The number of ether oxygens (including phenoxy) is 1. The molecule has 11 nitrogen and oxygen atoms in total. The third-order valence-corrected chi connectivity index (χ3v) is 9.93. The van der Waals surface area contributed by atoms with Gasteiger partial charge >= 0.3 is 12.3 Å². The van der Waals surface area contributed by atoms with Gasteiger partial charge in [-0.2, -0.15) is 13.2 Å². The SMILES string of the molecule is CC1(C)CN(C(=O)O)[C@@H](c2ccc(-n3c(Cl)cc4c(=O)n(CC5(O)CCN(C(=O)[C@@]6(C)C[C@@H]6C(F)(F)F)CC5)cnc43)cc2)CO1. The number of hydrogen-bond acceptors (Lipinski definition) is 6. The molecule has 6 rings (SSSR count). The second-order valence-electron chi connectivity index (χ2n) is 13.5. The van der Waals surface area contributed by atoms with Crippen molar-refractivity contribution < 1.29 is 37.7 Å². The average molecular weight is 666 g/mol. The van der Waals surface area contributed by atoms with E-state index >= 15 is 0 Å². The summed E-state index contributed by atoms with van der Waals surface area (Å²) in [6.45, 7) is 5.46. The van der Waals surface area contributed by atoms with Gasteiger partial charge in [0.1, 0.15) is 11.5 Å². The summed E-state index contributed by atoms with van der Waals surface area (Å²) in [5, 5.41) is 21.5. The molecule has 15 heteroatoms. The van der Waals surface area contributed by atoms with Crippen LogP contribution >= 0.6 is 11.6 Å². The summed E-state index contributed by atoms with van der Waals surface area (Å²) in [7, 11) is 0. The van der Waals surface area contributed by atoms with E-state index in [0.717, 1.165) is 5.56 Å². The zero-order valence-corrected chi connectivity index (χ0v) is 26.3. The highest BCUT2D eigenvalue weighted by Gasteiger charge is 2.68. The average Bonchev–Trinajstić information content (AvgIpc) is 3.59. The number of carboxylic acid groups (broad SMARTS) is 1. The van der Waals surface area contributed by atoms with Gasteiger partial charge in [0.05, 0.1) is 53.7 Å². The van der Waals surface area contributed by atoms with E-state index in [1.165, 1.54) is 33.7 Å². The van der Waals surface area contributed by atoms with Gasteiger partial charge in [-0.15, -0.1) is 0 Å². The van der Waals surface area contributed by atoms with Crippen molar-refractivity contribution in [2.24, 2.45) is 11.3 Å². The van der Waals surface area contributed by atoms with Crippen molar-refractivity contribution in [3.05, 3.63) is 57.7 Å². The van der Waals surface area contributed by atoms with Crippen molar-refractivity contribution in [1.82, 2.24) is 23.9 Å². The van der Waals surface area contributed by atoms with Crippen LogP contribution in [-0.4, -0.2) is 89.8 Å². The maximum atomic E-state index is 13.5. The highest BCUT2D eigenvalue weighted by molar-refractivity contribution is 6.31. The van der Waals surface area contributed by atoms with Gasteiger partial charge in [0, 0.05) is 18.8 Å². The standard InChI is InChI=1S/C31H35ClF3N5O6/c1-28(2)15-39(27(43)44)21(14-46-28)18-4-6-19(7-5-18)40-23(32)12-20-24(40)36-17-38(25(20)41)16-30(45)8-10-37(11-9-30)26(42)29(3)13-22(29)31(33,34)35/h4-7,12,17,21-22,45H,8-11,13-16H2,1-3H3,(H,43,44)/t21-,22+,29+/m1/s1. The number of alkyl halides is 3. The zero-order chi connectivity index (χ0) is 33.4. The largest absolute Gasteiger partial charge is 0.465 e. The Hall–Kier alpha value is -3.62. The minimum Gasteiger partial charge on any atom is -0.465 e. The van der Waals surface area contributed by atoms with Crippen molar-refractivity contribution in [2.75, 3.05) is 26.2 Å². The molecule has 4 heterocycles. The number of nitrogens with zero attached hydrogens (tertiary/aromatic N) is 5. The first-order valence-corrected chi connectivity index (χ1v) is 15.4. The van der Waals surface area contributed by atoms with Crippen LogP contribution in [0.25, 0.3) is 16.7 Å². The fourth-order valence-corrected chi connectivity index (χ4v) is 7.06. The molecule has 0 unspecified atom stereocenters. The summed E-state index contributed by atoms with van der Waals surface area (Å²) in [4.78, 5) is 45.5. The normalized spacial score (nSPS) is 25.9. The summed E-state index contributed by atoms with van der Waals surface area (Å²) < 4.78 is 48.2. The van der Waals surface area contributed by atoms with E-state index < -0.39 is 52.3 Å². The lowest BCUT2D eigenvalue weighted by Gasteiger charge is -2.42. The lowest BCUT2D eigenvalue weighted by molar-refractivity contribution is -0.165. The van der Waals surface area contributed by atoms with Gasteiger partial charge in [-0.05, 0) is 56.9 Å². The molecule has 3 atom stereocenters. The highest BCUT2D eigenvalue weighted by Crippen LogP contribution is 2.61. The molecule has 0 radical (unpaired) electrons. The van der Waals surface area contributed by atoms with Crippen LogP contribution in [0.4, 0.5) is 18.0 Å². The Morgan fingerprint density at radius 3 is 2.37 bits per heavy atom. The summed E-state index contributed by atoms with van der Waals surface area (Å²) in [5.41, 5.74) is -2.25. The highest BCUT2D eigenvalue weighted by atomic mass is 35.5. The molecule has 1 aromatic carbocycles. The number of morpholine rings is 1. The minimum atomic E-state index is -4.43. The number of halogens is 4. The first-order chi connectivity index (χ1) is 21.4. The van der Waals surface area contributed by atoms with E-state index in [9.17, 15) is 37.8 Å². The van der Waals surface area contributed by atoms with Gasteiger partial charge in [0.15, 0.2) is 5.65 Å². The number of carbonyl (C=O) groups excluding carboxylic acids is 1.